The molecule has 0 unspecified atom stereocenters. The maximum atomic E-state index is 13.5. The molecule has 3 aromatic rings. The van der Waals surface area contributed by atoms with Crippen molar-refractivity contribution in [3.8, 4) is 16.9 Å². The van der Waals surface area contributed by atoms with Gasteiger partial charge in [-0.2, -0.15) is 0 Å². The van der Waals surface area contributed by atoms with Crippen LogP contribution in [0.2, 0.25) is 0 Å². The molecule has 1 aromatic carbocycles. The largest absolute Gasteiger partial charge is 0.493 e. The number of amides is 2. The number of nitrogens with zero attached hydrogens (tertiary/aromatic N) is 2. The third-order valence-electron chi connectivity index (χ3n) is 7.18. The number of pyridine rings is 1. The van der Waals surface area contributed by atoms with Gasteiger partial charge in [-0.05, 0) is 84.4 Å². The highest BCUT2D eigenvalue weighted by molar-refractivity contribution is 6.09. The predicted molar refractivity (Wildman–Crippen MR) is 148 cm³/mol. The molecule has 3 heterocycles. The summed E-state index contributed by atoms with van der Waals surface area (Å²) < 4.78 is 11.7. The topological polar surface area (TPSA) is 96.6 Å². The summed E-state index contributed by atoms with van der Waals surface area (Å²) in [6, 6.07) is 8.19. The van der Waals surface area contributed by atoms with Gasteiger partial charge in [-0.3, -0.25) is 9.78 Å². The van der Waals surface area contributed by atoms with Gasteiger partial charge in [0.25, 0.3) is 5.91 Å². The Bertz CT molecular complexity index is 1340. The van der Waals surface area contributed by atoms with E-state index in [0.29, 0.717) is 42.9 Å². The highest BCUT2D eigenvalue weighted by Gasteiger charge is 2.29. The molecule has 1 aliphatic carbocycles. The lowest BCUT2D eigenvalue weighted by atomic mass is 10.0. The first-order chi connectivity index (χ1) is 18.1. The number of H-pyrrole nitrogens is 1. The average molecular weight is 519 g/mol. The van der Waals surface area contributed by atoms with Crippen LogP contribution in [0.15, 0.2) is 30.5 Å². The van der Waals surface area contributed by atoms with Crippen molar-refractivity contribution >= 4 is 23.0 Å². The van der Waals surface area contributed by atoms with E-state index in [1.807, 2.05) is 39.8 Å². The van der Waals surface area contributed by atoms with Gasteiger partial charge in [-0.15, -0.1) is 0 Å². The molecule has 0 atom stereocenters. The van der Waals surface area contributed by atoms with Crippen LogP contribution in [0.5, 0.6) is 5.75 Å². The Morgan fingerprint density at radius 2 is 1.82 bits per heavy atom. The summed E-state index contributed by atoms with van der Waals surface area (Å²) in [5, 5.41) is 3.18. The van der Waals surface area contributed by atoms with Crippen molar-refractivity contribution in [2.75, 3.05) is 19.7 Å². The number of fused-ring (bicyclic) bond motifs is 1. The maximum absolute atomic E-state index is 13.5. The Hall–Kier alpha value is -3.55. The zero-order valence-electron chi connectivity index (χ0n) is 23.0. The molecule has 2 amide bonds. The van der Waals surface area contributed by atoms with E-state index in [4.69, 9.17) is 9.47 Å². The minimum atomic E-state index is -0.524. The van der Waals surface area contributed by atoms with Gasteiger partial charge in [-0.1, -0.05) is 11.6 Å². The van der Waals surface area contributed by atoms with Crippen LogP contribution in [-0.2, 0) is 4.74 Å². The monoisotopic (exact) mass is 518 g/mol. The first-order valence-corrected chi connectivity index (χ1v) is 13.6. The summed E-state index contributed by atoms with van der Waals surface area (Å²) >= 11 is 0. The molecule has 0 bridgehead atoms. The second kappa shape index (κ2) is 10.3. The third-order valence-corrected chi connectivity index (χ3v) is 7.18. The number of aromatic nitrogens is 2. The van der Waals surface area contributed by atoms with E-state index in [1.54, 1.807) is 11.1 Å². The summed E-state index contributed by atoms with van der Waals surface area (Å²) in [6.07, 6.45) is 5.27. The molecule has 8 heteroatoms. The van der Waals surface area contributed by atoms with Crippen molar-refractivity contribution in [3.05, 3.63) is 47.3 Å². The minimum absolute atomic E-state index is 0.0204. The molecule has 2 fully saturated rings. The van der Waals surface area contributed by atoms with E-state index in [2.05, 4.69) is 34.3 Å². The first kappa shape index (κ1) is 26.1. The van der Waals surface area contributed by atoms with Crippen molar-refractivity contribution in [2.45, 2.75) is 71.9 Å². The zero-order valence-corrected chi connectivity index (χ0v) is 23.0. The lowest BCUT2D eigenvalue weighted by Gasteiger charge is -2.33. The van der Waals surface area contributed by atoms with Gasteiger partial charge < -0.3 is 24.7 Å². The van der Waals surface area contributed by atoms with Crippen molar-refractivity contribution < 1.29 is 19.1 Å². The number of piperidine rings is 1. The molecule has 5 rings (SSSR count). The molecule has 2 aromatic heterocycles. The number of nitrogens with one attached hydrogen (secondary N) is 2. The predicted octanol–water partition coefficient (Wildman–Crippen LogP) is 5.76. The van der Waals surface area contributed by atoms with Gasteiger partial charge in [0.15, 0.2) is 0 Å². The lowest BCUT2D eigenvalue weighted by Crippen LogP contribution is -2.47. The van der Waals surface area contributed by atoms with Crippen LogP contribution < -0.4 is 10.1 Å². The Morgan fingerprint density at radius 3 is 2.50 bits per heavy atom. The zero-order chi connectivity index (χ0) is 27.0. The molecule has 202 valence electrons. The fourth-order valence-corrected chi connectivity index (χ4v) is 4.97. The molecule has 1 saturated carbocycles. The van der Waals surface area contributed by atoms with Crippen LogP contribution in [0.25, 0.3) is 22.2 Å². The minimum Gasteiger partial charge on any atom is -0.493 e. The molecule has 0 spiro atoms. The summed E-state index contributed by atoms with van der Waals surface area (Å²) in [4.78, 5) is 35.6. The Morgan fingerprint density at radius 1 is 1.08 bits per heavy atom. The lowest BCUT2D eigenvalue weighted by molar-refractivity contribution is 0.0199. The maximum Gasteiger partial charge on any atom is 0.410 e. The van der Waals surface area contributed by atoms with Crippen LogP contribution in [-0.4, -0.2) is 58.2 Å². The Labute approximate surface area is 224 Å². The van der Waals surface area contributed by atoms with Crippen molar-refractivity contribution in [1.29, 1.82) is 0 Å². The van der Waals surface area contributed by atoms with E-state index in [0.717, 1.165) is 40.3 Å². The molecule has 1 saturated heterocycles. The van der Waals surface area contributed by atoms with E-state index in [9.17, 15) is 9.59 Å². The molecule has 1 aliphatic heterocycles. The number of rotatable bonds is 6. The van der Waals surface area contributed by atoms with Gasteiger partial charge in [0.2, 0.25) is 0 Å². The summed E-state index contributed by atoms with van der Waals surface area (Å²) in [5.41, 5.74) is 5.40. The second-order valence-electron chi connectivity index (χ2n) is 11.7. The summed E-state index contributed by atoms with van der Waals surface area (Å²) in [7, 11) is 0. The number of carbonyl (C=O) groups is 2. The Kier molecular flexibility index (Phi) is 7.07. The molecule has 2 aliphatic rings. The van der Waals surface area contributed by atoms with Crippen molar-refractivity contribution in [1.82, 2.24) is 20.2 Å². The van der Waals surface area contributed by atoms with Gasteiger partial charge in [0.1, 0.15) is 16.9 Å². The first-order valence-electron chi connectivity index (χ1n) is 13.6. The number of ether oxygens (including phenoxy) is 2. The van der Waals surface area contributed by atoms with Crippen LogP contribution >= 0.6 is 0 Å². The van der Waals surface area contributed by atoms with Crippen LogP contribution in [0.4, 0.5) is 4.79 Å². The molecular weight excluding hydrogens is 480 g/mol. The normalized spacial score (nSPS) is 16.5. The van der Waals surface area contributed by atoms with Gasteiger partial charge >= 0.3 is 6.09 Å². The number of aromatic amines is 1. The van der Waals surface area contributed by atoms with E-state index in [1.165, 1.54) is 12.8 Å². The number of likely N-dealkylation sites (tertiary alicyclic amines) is 1. The van der Waals surface area contributed by atoms with Gasteiger partial charge in [-0.25, -0.2) is 4.79 Å². The number of benzene rings is 1. The number of carbonyl (C=O) groups excluding carboxylic acids is 2. The van der Waals surface area contributed by atoms with E-state index in [-0.39, 0.29) is 18.0 Å². The molecular formula is C30H38N4O4. The smallest absolute Gasteiger partial charge is 0.410 e. The van der Waals surface area contributed by atoms with Gasteiger partial charge in [0, 0.05) is 42.1 Å². The quantitative estimate of drug-likeness (QED) is 0.432. The fourth-order valence-electron chi connectivity index (χ4n) is 4.97. The van der Waals surface area contributed by atoms with Crippen LogP contribution in [0.3, 0.4) is 0 Å². The number of aryl methyl sites for hydroxylation is 2. The fraction of sp³-hybridized carbons (Fsp3) is 0.500. The van der Waals surface area contributed by atoms with E-state index >= 15 is 0 Å². The van der Waals surface area contributed by atoms with Crippen molar-refractivity contribution in [3.63, 3.8) is 0 Å². The van der Waals surface area contributed by atoms with Crippen molar-refractivity contribution in [2.24, 2.45) is 5.92 Å². The molecule has 0 radical (unpaired) electrons. The highest BCUT2D eigenvalue weighted by Crippen LogP contribution is 2.38. The average Bonchev–Trinajstić information content (AvgIpc) is 3.62. The number of hydrogen-bond acceptors (Lipinski definition) is 5. The van der Waals surface area contributed by atoms with E-state index < -0.39 is 5.60 Å². The second-order valence-corrected chi connectivity index (χ2v) is 11.7. The molecule has 38 heavy (non-hydrogen) atoms. The Balaban J connectivity index is 1.34. The van der Waals surface area contributed by atoms with Crippen LogP contribution in [0.1, 0.15) is 68.1 Å². The number of hydrogen-bond donors (Lipinski definition) is 2. The highest BCUT2D eigenvalue weighted by atomic mass is 16.6. The molecule has 2 N–H and O–H groups in total. The SMILES string of the molecule is Cc1ccc(OCC2CC2)c(-c2ccnc3c(C(=O)NC4CCN(C(=O)OC(C)(C)C)CC4)c(C)[nH]c23)c1. The summed E-state index contributed by atoms with van der Waals surface area (Å²) in [5.74, 6) is 1.36. The molecule has 8 nitrogen and oxygen atoms in total. The summed E-state index contributed by atoms with van der Waals surface area (Å²) in [6.45, 7) is 11.4. The van der Waals surface area contributed by atoms with Crippen LogP contribution in [0, 0.1) is 19.8 Å². The standard InChI is InChI=1S/C30H38N4O4/c1-18-6-9-24(37-17-20-7-8-20)23(16-18)22-10-13-31-27-25(19(2)32-26(22)27)28(35)33-21-11-14-34(15-12-21)29(36)38-30(3,4)5/h6,9-10,13,16,20-21,32H,7-8,11-12,14-15,17H2,1-5H3,(H,33,35). The third kappa shape index (κ3) is 5.79. The van der Waals surface area contributed by atoms with Gasteiger partial charge in [0.05, 0.1) is 17.7 Å².